The van der Waals surface area contributed by atoms with Gasteiger partial charge in [-0.15, -0.1) is 0 Å². The van der Waals surface area contributed by atoms with Gasteiger partial charge in [-0.3, -0.25) is 4.79 Å². The summed E-state index contributed by atoms with van der Waals surface area (Å²) in [6.45, 7) is 0.739. The van der Waals surface area contributed by atoms with E-state index in [1.807, 2.05) is 23.1 Å². The minimum atomic E-state index is -0.413. The molecular formula is C16H16N2O2. The van der Waals surface area contributed by atoms with Crippen molar-refractivity contribution in [1.82, 2.24) is 4.90 Å². The number of hydrogen-bond donors (Lipinski definition) is 0. The average molecular weight is 268 g/mol. The van der Waals surface area contributed by atoms with Gasteiger partial charge in [0.15, 0.2) is 0 Å². The molecule has 0 bridgehead atoms. The molecule has 2 aliphatic carbocycles. The van der Waals surface area contributed by atoms with Crippen molar-refractivity contribution in [2.24, 2.45) is 4.99 Å². The van der Waals surface area contributed by atoms with Crippen molar-refractivity contribution in [3.05, 3.63) is 34.9 Å². The quantitative estimate of drug-likeness (QED) is 0.624. The van der Waals surface area contributed by atoms with Gasteiger partial charge in [-0.05, 0) is 49.3 Å². The van der Waals surface area contributed by atoms with Crippen molar-refractivity contribution in [2.75, 3.05) is 0 Å². The number of isocyanates is 1. The van der Waals surface area contributed by atoms with E-state index < -0.39 is 5.54 Å². The van der Waals surface area contributed by atoms with E-state index in [4.69, 9.17) is 0 Å². The van der Waals surface area contributed by atoms with Gasteiger partial charge >= 0.3 is 0 Å². The highest BCUT2D eigenvalue weighted by Gasteiger charge is 2.42. The number of rotatable bonds is 3. The largest absolute Gasteiger partial charge is 0.331 e. The minimum Gasteiger partial charge on any atom is -0.331 e. The molecule has 2 fully saturated rings. The molecule has 4 heteroatoms. The van der Waals surface area contributed by atoms with Crippen LogP contribution in [0.25, 0.3) is 0 Å². The van der Waals surface area contributed by atoms with Crippen molar-refractivity contribution >= 4 is 12.0 Å². The molecule has 0 aromatic heterocycles. The fourth-order valence-electron chi connectivity index (χ4n) is 3.36. The maximum atomic E-state index is 12.4. The first-order valence-corrected chi connectivity index (χ1v) is 7.27. The second-order valence-electron chi connectivity index (χ2n) is 6.12. The van der Waals surface area contributed by atoms with E-state index >= 15 is 0 Å². The number of fused-ring (bicyclic) bond motifs is 1. The third-order valence-electron chi connectivity index (χ3n) is 4.91. The molecule has 0 spiro atoms. The number of amides is 1. The summed E-state index contributed by atoms with van der Waals surface area (Å²) in [7, 11) is 0. The van der Waals surface area contributed by atoms with E-state index in [9.17, 15) is 9.59 Å². The molecule has 1 amide bonds. The van der Waals surface area contributed by atoms with Crippen LogP contribution in [0.3, 0.4) is 0 Å². The van der Waals surface area contributed by atoms with E-state index in [0.717, 1.165) is 55.3 Å². The van der Waals surface area contributed by atoms with Gasteiger partial charge in [-0.25, -0.2) is 4.79 Å². The molecule has 0 saturated heterocycles. The van der Waals surface area contributed by atoms with Gasteiger partial charge in [0.25, 0.3) is 5.91 Å². The van der Waals surface area contributed by atoms with E-state index in [0.29, 0.717) is 6.04 Å². The molecule has 102 valence electrons. The third-order valence-corrected chi connectivity index (χ3v) is 4.91. The van der Waals surface area contributed by atoms with Crippen molar-refractivity contribution in [2.45, 2.75) is 50.2 Å². The lowest BCUT2D eigenvalue weighted by atomic mass is 9.72. The molecule has 1 aromatic carbocycles. The van der Waals surface area contributed by atoms with Crippen molar-refractivity contribution in [3.8, 4) is 0 Å². The summed E-state index contributed by atoms with van der Waals surface area (Å²) in [6, 6.07) is 6.47. The van der Waals surface area contributed by atoms with Gasteiger partial charge in [0.2, 0.25) is 6.08 Å². The van der Waals surface area contributed by atoms with Crippen LogP contribution in [0.4, 0.5) is 0 Å². The Morgan fingerprint density at radius 1 is 1.30 bits per heavy atom. The van der Waals surface area contributed by atoms with Crippen molar-refractivity contribution in [3.63, 3.8) is 0 Å². The second kappa shape index (κ2) is 4.03. The molecule has 0 unspecified atom stereocenters. The molecule has 1 aliphatic heterocycles. The molecule has 0 N–H and O–H groups in total. The zero-order valence-electron chi connectivity index (χ0n) is 11.3. The van der Waals surface area contributed by atoms with Gasteiger partial charge in [0, 0.05) is 18.2 Å². The van der Waals surface area contributed by atoms with Crippen LogP contribution in [0, 0.1) is 0 Å². The fraction of sp³-hybridized carbons (Fsp3) is 0.500. The molecule has 0 radical (unpaired) electrons. The highest BCUT2D eigenvalue weighted by molar-refractivity contribution is 5.99. The zero-order chi connectivity index (χ0) is 13.7. The topological polar surface area (TPSA) is 49.7 Å². The number of aliphatic imine (C=N–C) groups is 1. The standard InChI is InChI=1S/C16H16N2O2/c19-10-17-16(6-1-7-16)12-3-2-11-9-18(13-4-5-13)15(20)14(11)8-12/h2-3,8,13H,1,4-7,9H2. The summed E-state index contributed by atoms with van der Waals surface area (Å²) in [5, 5.41) is 0. The molecule has 0 atom stereocenters. The van der Waals surface area contributed by atoms with Crippen LogP contribution in [0.1, 0.15) is 53.6 Å². The summed E-state index contributed by atoms with van der Waals surface area (Å²) >= 11 is 0. The summed E-state index contributed by atoms with van der Waals surface area (Å²) < 4.78 is 0. The zero-order valence-corrected chi connectivity index (χ0v) is 11.3. The van der Waals surface area contributed by atoms with Crippen LogP contribution in [0.15, 0.2) is 23.2 Å². The van der Waals surface area contributed by atoms with E-state index in [2.05, 4.69) is 4.99 Å². The Labute approximate surface area is 117 Å². The average Bonchev–Trinajstić information content (AvgIpc) is 3.20. The van der Waals surface area contributed by atoms with Gasteiger partial charge in [-0.1, -0.05) is 12.1 Å². The Hall–Kier alpha value is -1.93. The number of hydrogen-bond acceptors (Lipinski definition) is 3. The molecule has 4 nitrogen and oxygen atoms in total. The normalized spacial score (nSPS) is 23.0. The number of nitrogens with zero attached hydrogens (tertiary/aromatic N) is 2. The predicted molar refractivity (Wildman–Crippen MR) is 73.0 cm³/mol. The first-order chi connectivity index (χ1) is 9.73. The summed E-state index contributed by atoms with van der Waals surface area (Å²) in [4.78, 5) is 29.1. The maximum absolute atomic E-state index is 12.4. The van der Waals surface area contributed by atoms with Crippen molar-refractivity contribution in [1.29, 1.82) is 0 Å². The molecule has 2 saturated carbocycles. The molecule has 1 heterocycles. The molecule has 4 rings (SSSR count). The van der Waals surface area contributed by atoms with E-state index in [-0.39, 0.29) is 5.91 Å². The lowest BCUT2D eigenvalue weighted by Crippen LogP contribution is -2.32. The Morgan fingerprint density at radius 2 is 2.10 bits per heavy atom. The van der Waals surface area contributed by atoms with Crippen LogP contribution in [0.5, 0.6) is 0 Å². The third kappa shape index (κ3) is 1.58. The van der Waals surface area contributed by atoms with Crippen LogP contribution in [0.2, 0.25) is 0 Å². The first kappa shape index (κ1) is 11.9. The lowest BCUT2D eigenvalue weighted by Gasteiger charge is -2.37. The van der Waals surface area contributed by atoms with Gasteiger partial charge < -0.3 is 4.90 Å². The maximum Gasteiger partial charge on any atom is 0.254 e. The molecular weight excluding hydrogens is 252 g/mol. The van der Waals surface area contributed by atoms with Crippen LogP contribution in [-0.2, 0) is 16.9 Å². The summed E-state index contributed by atoms with van der Waals surface area (Å²) in [5.74, 6) is 0.147. The predicted octanol–water partition coefficient (Wildman–Crippen LogP) is 2.52. The van der Waals surface area contributed by atoms with E-state index in [1.165, 1.54) is 0 Å². The monoisotopic (exact) mass is 268 g/mol. The minimum absolute atomic E-state index is 0.147. The van der Waals surface area contributed by atoms with Crippen LogP contribution < -0.4 is 0 Å². The Kier molecular flexibility index (Phi) is 2.39. The highest BCUT2D eigenvalue weighted by atomic mass is 16.2. The molecule has 1 aromatic rings. The van der Waals surface area contributed by atoms with E-state index in [1.54, 1.807) is 6.08 Å². The number of carbonyl (C=O) groups is 1. The molecule has 20 heavy (non-hydrogen) atoms. The fourth-order valence-corrected chi connectivity index (χ4v) is 3.36. The van der Waals surface area contributed by atoms with Gasteiger partial charge in [0.1, 0.15) is 0 Å². The summed E-state index contributed by atoms with van der Waals surface area (Å²) in [5.41, 5.74) is 2.50. The van der Waals surface area contributed by atoms with Crippen molar-refractivity contribution < 1.29 is 9.59 Å². The Morgan fingerprint density at radius 3 is 2.70 bits per heavy atom. The summed E-state index contributed by atoms with van der Waals surface area (Å²) in [6.07, 6.45) is 6.79. The molecule has 3 aliphatic rings. The van der Waals surface area contributed by atoms with Crippen LogP contribution >= 0.6 is 0 Å². The second-order valence-corrected chi connectivity index (χ2v) is 6.12. The Balaban J connectivity index is 1.72. The van der Waals surface area contributed by atoms with Crippen LogP contribution in [-0.4, -0.2) is 22.9 Å². The lowest BCUT2D eigenvalue weighted by molar-refractivity contribution is 0.0766. The Bertz CT molecular complexity index is 638. The van der Waals surface area contributed by atoms with Gasteiger partial charge in [-0.2, -0.15) is 4.99 Å². The SMILES string of the molecule is O=C=NC1(c2ccc3c(c2)C(=O)N(C2CC2)C3)CCC1. The number of benzene rings is 1. The van der Waals surface area contributed by atoms with Gasteiger partial charge in [0.05, 0.1) is 5.54 Å². The smallest absolute Gasteiger partial charge is 0.254 e. The first-order valence-electron chi connectivity index (χ1n) is 7.27. The number of carbonyl (C=O) groups excluding carboxylic acids is 2. The highest BCUT2D eigenvalue weighted by Crippen LogP contribution is 2.46.